The minimum Gasteiger partial charge on any atom is -0.379 e. The van der Waals surface area contributed by atoms with E-state index in [4.69, 9.17) is 9.47 Å². The van der Waals surface area contributed by atoms with Gasteiger partial charge in [0.25, 0.3) is 0 Å². The van der Waals surface area contributed by atoms with Crippen molar-refractivity contribution in [1.29, 1.82) is 5.26 Å². The monoisotopic (exact) mass is 374 g/mol. The molecule has 4 nitrogen and oxygen atoms in total. The lowest BCUT2D eigenvalue weighted by Crippen LogP contribution is -2.63. The number of nitrogens with zero attached hydrogens (tertiary/aromatic N) is 2. The average Bonchev–Trinajstić information content (AvgIpc) is 3.33. The third-order valence-electron chi connectivity index (χ3n) is 7.01. The van der Waals surface area contributed by atoms with Gasteiger partial charge >= 0.3 is 0 Å². The SMILES string of the molecule is N#C[C@@]1(c2ccccc2)O[C@H](c2ccccc2)[C@@H]2CCC[C@@]21N1CCOCC1. The van der Waals surface area contributed by atoms with Crippen molar-refractivity contribution in [1.82, 2.24) is 4.90 Å². The molecule has 144 valence electrons. The maximum Gasteiger partial charge on any atom is 0.198 e. The van der Waals surface area contributed by atoms with Gasteiger partial charge in [-0.15, -0.1) is 0 Å². The van der Waals surface area contributed by atoms with Crippen LogP contribution in [-0.4, -0.2) is 36.7 Å². The van der Waals surface area contributed by atoms with Crippen LogP contribution in [0.3, 0.4) is 0 Å². The Bertz CT molecular complexity index is 859. The zero-order valence-corrected chi connectivity index (χ0v) is 16.1. The summed E-state index contributed by atoms with van der Waals surface area (Å²) in [6, 6.07) is 23.3. The van der Waals surface area contributed by atoms with Crippen LogP contribution in [0.2, 0.25) is 0 Å². The quantitative estimate of drug-likeness (QED) is 0.813. The van der Waals surface area contributed by atoms with Crippen molar-refractivity contribution in [3.63, 3.8) is 0 Å². The molecule has 0 amide bonds. The van der Waals surface area contributed by atoms with Crippen LogP contribution >= 0.6 is 0 Å². The number of ether oxygens (including phenoxy) is 2. The van der Waals surface area contributed by atoms with Crippen LogP contribution in [0.1, 0.15) is 36.5 Å². The fourth-order valence-corrected chi connectivity index (χ4v) is 5.93. The summed E-state index contributed by atoms with van der Waals surface area (Å²) in [7, 11) is 0. The highest BCUT2D eigenvalue weighted by atomic mass is 16.5. The Hall–Kier alpha value is -2.19. The lowest BCUT2D eigenvalue weighted by Gasteiger charge is -2.49. The molecule has 5 rings (SSSR count). The summed E-state index contributed by atoms with van der Waals surface area (Å²) in [6.07, 6.45) is 3.15. The molecule has 2 aliphatic heterocycles. The molecule has 1 aliphatic carbocycles. The fourth-order valence-electron chi connectivity index (χ4n) is 5.93. The molecule has 0 bridgehead atoms. The van der Waals surface area contributed by atoms with E-state index in [0.717, 1.165) is 51.1 Å². The van der Waals surface area contributed by atoms with Gasteiger partial charge in [-0.1, -0.05) is 67.1 Å². The number of hydrogen-bond acceptors (Lipinski definition) is 4. The molecular formula is C24H26N2O2. The topological polar surface area (TPSA) is 45.5 Å². The Kier molecular flexibility index (Phi) is 4.47. The third-order valence-corrected chi connectivity index (χ3v) is 7.01. The summed E-state index contributed by atoms with van der Waals surface area (Å²) in [6.45, 7) is 3.16. The highest BCUT2D eigenvalue weighted by molar-refractivity contribution is 5.41. The third kappa shape index (κ3) is 2.40. The molecule has 0 spiro atoms. The predicted molar refractivity (Wildman–Crippen MR) is 106 cm³/mol. The summed E-state index contributed by atoms with van der Waals surface area (Å²) in [5, 5.41) is 10.6. The number of benzene rings is 2. The Balaban J connectivity index is 1.70. The van der Waals surface area contributed by atoms with Gasteiger partial charge in [0.15, 0.2) is 5.60 Å². The van der Waals surface area contributed by atoms with E-state index in [2.05, 4.69) is 47.4 Å². The Labute approximate surface area is 166 Å². The van der Waals surface area contributed by atoms with Gasteiger partial charge in [0.2, 0.25) is 0 Å². The molecule has 0 unspecified atom stereocenters. The highest BCUT2D eigenvalue weighted by Crippen LogP contribution is 2.64. The van der Waals surface area contributed by atoms with Crippen LogP contribution in [0, 0.1) is 17.2 Å². The second-order valence-electron chi connectivity index (χ2n) is 8.13. The second kappa shape index (κ2) is 7.00. The number of hydrogen-bond donors (Lipinski definition) is 0. The normalized spacial score (nSPS) is 35.4. The molecular weight excluding hydrogens is 348 g/mol. The molecule has 28 heavy (non-hydrogen) atoms. The molecule has 0 aromatic heterocycles. The van der Waals surface area contributed by atoms with E-state index in [9.17, 15) is 5.26 Å². The predicted octanol–water partition coefficient (Wildman–Crippen LogP) is 4.05. The van der Waals surface area contributed by atoms with Gasteiger partial charge in [0.05, 0.1) is 24.9 Å². The second-order valence-corrected chi connectivity index (χ2v) is 8.13. The van der Waals surface area contributed by atoms with Gasteiger partial charge in [-0.25, -0.2) is 0 Å². The van der Waals surface area contributed by atoms with Crippen molar-refractivity contribution in [2.45, 2.75) is 36.5 Å². The van der Waals surface area contributed by atoms with E-state index in [1.165, 1.54) is 5.56 Å². The van der Waals surface area contributed by atoms with E-state index in [1.807, 2.05) is 24.3 Å². The van der Waals surface area contributed by atoms with Crippen molar-refractivity contribution in [2.24, 2.45) is 5.92 Å². The molecule has 3 aliphatic rings. The van der Waals surface area contributed by atoms with E-state index >= 15 is 0 Å². The number of fused-ring (bicyclic) bond motifs is 1. The van der Waals surface area contributed by atoms with Crippen LogP contribution in [0.15, 0.2) is 60.7 Å². The summed E-state index contributed by atoms with van der Waals surface area (Å²) in [5.74, 6) is 0.299. The maximum absolute atomic E-state index is 10.6. The zero-order chi connectivity index (χ0) is 19.0. The first-order valence-electron chi connectivity index (χ1n) is 10.3. The number of morpholine rings is 1. The molecule has 3 fully saturated rings. The van der Waals surface area contributed by atoms with Gasteiger partial charge in [-0.3, -0.25) is 4.90 Å². The van der Waals surface area contributed by atoms with E-state index in [1.54, 1.807) is 0 Å². The Morgan fingerprint density at radius 2 is 1.64 bits per heavy atom. The summed E-state index contributed by atoms with van der Waals surface area (Å²) < 4.78 is 12.5. The number of nitriles is 1. The Morgan fingerprint density at radius 3 is 2.32 bits per heavy atom. The average molecular weight is 374 g/mol. The molecule has 2 aromatic rings. The van der Waals surface area contributed by atoms with E-state index in [-0.39, 0.29) is 11.6 Å². The number of rotatable bonds is 3. The standard InChI is InChI=1S/C24H26N2O2/c25-18-24(20-10-5-2-6-11-20)23(26-14-16-27-17-15-26)13-7-12-21(23)22(28-24)19-8-3-1-4-9-19/h1-6,8-11,21-22H,7,12-17H2/t21-,22+,23+,24-/m0/s1. The fraction of sp³-hybridized carbons (Fsp3) is 0.458. The summed E-state index contributed by atoms with van der Waals surface area (Å²) in [5.41, 5.74) is 0.884. The van der Waals surface area contributed by atoms with E-state index < -0.39 is 5.60 Å². The molecule has 4 heteroatoms. The lowest BCUT2D eigenvalue weighted by molar-refractivity contribution is -0.101. The molecule has 2 saturated heterocycles. The molecule has 0 radical (unpaired) electrons. The van der Waals surface area contributed by atoms with Crippen LogP contribution in [0.5, 0.6) is 0 Å². The largest absolute Gasteiger partial charge is 0.379 e. The van der Waals surface area contributed by atoms with Crippen LogP contribution in [0.4, 0.5) is 0 Å². The van der Waals surface area contributed by atoms with Crippen molar-refractivity contribution in [2.75, 3.05) is 26.3 Å². The Morgan fingerprint density at radius 1 is 0.964 bits per heavy atom. The van der Waals surface area contributed by atoms with Crippen molar-refractivity contribution in [3.8, 4) is 6.07 Å². The summed E-state index contributed by atoms with van der Waals surface area (Å²) >= 11 is 0. The minimum atomic E-state index is -0.965. The maximum atomic E-state index is 10.6. The molecule has 0 N–H and O–H groups in total. The first-order valence-corrected chi connectivity index (χ1v) is 10.3. The van der Waals surface area contributed by atoms with Gasteiger partial charge in [-0.05, 0) is 18.4 Å². The smallest absolute Gasteiger partial charge is 0.198 e. The van der Waals surface area contributed by atoms with Gasteiger partial charge in [-0.2, -0.15) is 5.26 Å². The molecule has 1 saturated carbocycles. The van der Waals surface area contributed by atoms with Gasteiger partial charge < -0.3 is 9.47 Å². The van der Waals surface area contributed by atoms with E-state index in [0.29, 0.717) is 5.92 Å². The first-order chi connectivity index (χ1) is 13.8. The minimum absolute atomic E-state index is 0.0635. The van der Waals surface area contributed by atoms with Crippen LogP contribution in [0.25, 0.3) is 0 Å². The molecule has 2 heterocycles. The van der Waals surface area contributed by atoms with Crippen molar-refractivity contribution >= 4 is 0 Å². The van der Waals surface area contributed by atoms with Crippen molar-refractivity contribution < 1.29 is 9.47 Å². The van der Waals surface area contributed by atoms with Crippen LogP contribution < -0.4 is 0 Å². The summed E-state index contributed by atoms with van der Waals surface area (Å²) in [4.78, 5) is 2.52. The van der Waals surface area contributed by atoms with Gasteiger partial charge in [0, 0.05) is 24.6 Å². The first kappa shape index (κ1) is 17.9. The lowest BCUT2D eigenvalue weighted by atomic mass is 9.69. The van der Waals surface area contributed by atoms with Crippen molar-refractivity contribution in [3.05, 3.63) is 71.8 Å². The van der Waals surface area contributed by atoms with Gasteiger partial charge in [0.1, 0.15) is 6.07 Å². The zero-order valence-electron chi connectivity index (χ0n) is 16.1. The van der Waals surface area contributed by atoms with Crippen LogP contribution in [-0.2, 0) is 15.1 Å². The molecule has 2 aromatic carbocycles. The molecule has 4 atom stereocenters. The highest BCUT2D eigenvalue weighted by Gasteiger charge is 2.70.